The van der Waals surface area contributed by atoms with Crippen molar-refractivity contribution in [3.63, 3.8) is 0 Å². The van der Waals surface area contributed by atoms with Crippen LogP contribution < -0.4 is 0 Å². The maximum Gasteiger partial charge on any atom is 0.0506 e. The second-order valence-corrected chi connectivity index (χ2v) is 9.31. The van der Waals surface area contributed by atoms with Gasteiger partial charge in [0.15, 0.2) is 0 Å². The molecule has 0 aromatic heterocycles. The van der Waals surface area contributed by atoms with E-state index in [0.29, 0.717) is 4.58 Å². The van der Waals surface area contributed by atoms with Gasteiger partial charge in [0, 0.05) is 0 Å². The highest BCUT2D eigenvalue weighted by atomic mass is 32.2. The molecule has 1 atom stereocenters. The van der Waals surface area contributed by atoms with Crippen LogP contribution in [-0.2, 0) is 0 Å². The summed E-state index contributed by atoms with van der Waals surface area (Å²) in [6, 6.07) is 0. The van der Waals surface area contributed by atoms with E-state index in [1.807, 2.05) is 11.8 Å². The molecule has 0 amide bonds. The molecule has 0 bridgehead atoms. The Kier molecular flexibility index (Phi) is 22.4. The highest BCUT2D eigenvalue weighted by molar-refractivity contribution is 8.10. The fourth-order valence-electron chi connectivity index (χ4n) is 2.84. The van der Waals surface area contributed by atoms with Crippen LogP contribution in [0.2, 0.25) is 0 Å². The third kappa shape index (κ3) is 22.1. The zero-order chi connectivity index (χ0) is 18.4. The fraction of sp³-hybridized carbons (Fsp3) is 0.826. The van der Waals surface area contributed by atoms with Crippen molar-refractivity contribution in [2.75, 3.05) is 5.75 Å². The number of hydrogen-bond acceptors (Lipinski definition) is 2. The van der Waals surface area contributed by atoms with Crippen LogP contribution in [0.15, 0.2) is 24.3 Å². The van der Waals surface area contributed by atoms with Crippen molar-refractivity contribution in [1.29, 1.82) is 0 Å². The van der Waals surface area contributed by atoms with Crippen molar-refractivity contribution < 1.29 is 0 Å². The van der Waals surface area contributed by atoms with Crippen molar-refractivity contribution in [2.45, 2.75) is 115 Å². The van der Waals surface area contributed by atoms with Gasteiger partial charge in [-0.3, -0.25) is 0 Å². The molecule has 0 saturated carbocycles. The van der Waals surface area contributed by atoms with Crippen molar-refractivity contribution in [3.8, 4) is 0 Å². The quantitative estimate of drug-likeness (QED) is 0.100. The standard InChI is InChI=1S/C23H44S2/c1-3-5-7-9-11-13-15-17-19-21-23(24)25-22-20-18-16-14-12-10-8-6-4-2/h6,8,17,19,23-24H,3-5,7,9-16,18,20-22H2,1-2H3/b8-6?,19-17-. The number of allylic oxidation sites excluding steroid dienone is 4. The van der Waals surface area contributed by atoms with E-state index in [9.17, 15) is 0 Å². The van der Waals surface area contributed by atoms with Gasteiger partial charge in [-0.05, 0) is 50.7 Å². The summed E-state index contributed by atoms with van der Waals surface area (Å²) in [5.41, 5.74) is 0. The molecular weight excluding hydrogens is 340 g/mol. The Morgan fingerprint density at radius 1 is 0.680 bits per heavy atom. The predicted molar refractivity (Wildman–Crippen MR) is 124 cm³/mol. The zero-order valence-corrected chi connectivity index (χ0v) is 18.8. The Balaban J connectivity index is 3.26. The Hall–Kier alpha value is 0.180. The lowest BCUT2D eigenvalue weighted by atomic mass is 10.1. The first-order chi connectivity index (χ1) is 12.3. The third-order valence-corrected chi connectivity index (χ3v) is 6.22. The minimum absolute atomic E-state index is 0.486. The summed E-state index contributed by atoms with van der Waals surface area (Å²) in [6.45, 7) is 4.48. The van der Waals surface area contributed by atoms with Gasteiger partial charge in [-0.25, -0.2) is 0 Å². The molecule has 2 heteroatoms. The summed E-state index contributed by atoms with van der Waals surface area (Å²) in [5.74, 6) is 1.27. The second-order valence-electron chi connectivity index (χ2n) is 7.03. The largest absolute Gasteiger partial charge is 0.165 e. The third-order valence-electron chi connectivity index (χ3n) is 4.46. The van der Waals surface area contributed by atoms with E-state index in [0.717, 1.165) is 6.42 Å². The Bertz CT molecular complexity index is 296. The molecule has 1 unspecified atom stereocenters. The smallest absolute Gasteiger partial charge is 0.0506 e. The zero-order valence-electron chi connectivity index (χ0n) is 17.1. The van der Waals surface area contributed by atoms with E-state index in [1.165, 1.54) is 95.6 Å². The number of hydrogen-bond donors (Lipinski definition) is 1. The van der Waals surface area contributed by atoms with Crippen molar-refractivity contribution in [3.05, 3.63) is 24.3 Å². The molecule has 0 saturated heterocycles. The monoisotopic (exact) mass is 384 g/mol. The highest BCUT2D eigenvalue weighted by Crippen LogP contribution is 2.21. The van der Waals surface area contributed by atoms with E-state index >= 15 is 0 Å². The molecule has 0 rings (SSSR count). The van der Waals surface area contributed by atoms with Crippen molar-refractivity contribution in [2.24, 2.45) is 0 Å². The van der Waals surface area contributed by atoms with Crippen LogP contribution in [0, 0.1) is 0 Å². The maximum absolute atomic E-state index is 4.71. The molecule has 0 N–H and O–H groups in total. The molecule has 25 heavy (non-hydrogen) atoms. The van der Waals surface area contributed by atoms with Gasteiger partial charge < -0.3 is 0 Å². The van der Waals surface area contributed by atoms with Gasteiger partial charge in [0.25, 0.3) is 0 Å². The van der Waals surface area contributed by atoms with Crippen LogP contribution in [0.5, 0.6) is 0 Å². The Morgan fingerprint density at radius 2 is 1.24 bits per heavy atom. The summed E-state index contributed by atoms with van der Waals surface area (Å²) in [7, 11) is 0. The summed E-state index contributed by atoms with van der Waals surface area (Å²) in [4.78, 5) is 0. The molecule has 0 spiro atoms. The van der Waals surface area contributed by atoms with E-state index < -0.39 is 0 Å². The first-order valence-corrected chi connectivity index (χ1v) is 12.5. The van der Waals surface area contributed by atoms with Crippen LogP contribution >= 0.6 is 24.4 Å². The molecule has 0 aliphatic rings. The molecule has 0 fully saturated rings. The lowest BCUT2D eigenvalue weighted by Gasteiger charge is -2.07. The van der Waals surface area contributed by atoms with Gasteiger partial charge >= 0.3 is 0 Å². The molecule has 0 aliphatic carbocycles. The number of unbranched alkanes of at least 4 members (excludes halogenated alkanes) is 11. The molecule has 0 heterocycles. The van der Waals surface area contributed by atoms with E-state index in [1.54, 1.807) is 0 Å². The van der Waals surface area contributed by atoms with E-state index in [-0.39, 0.29) is 0 Å². The maximum atomic E-state index is 4.71. The number of thiol groups is 1. The minimum atomic E-state index is 0.486. The first kappa shape index (κ1) is 25.2. The minimum Gasteiger partial charge on any atom is -0.165 e. The van der Waals surface area contributed by atoms with Gasteiger partial charge in [-0.15, -0.1) is 11.8 Å². The van der Waals surface area contributed by atoms with E-state index in [2.05, 4.69) is 38.2 Å². The Morgan fingerprint density at radius 3 is 1.88 bits per heavy atom. The second kappa shape index (κ2) is 22.2. The first-order valence-electron chi connectivity index (χ1n) is 10.9. The summed E-state index contributed by atoms with van der Waals surface area (Å²) in [6.07, 6.45) is 29.4. The number of rotatable bonds is 19. The Labute approximate surface area is 169 Å². The van der Waals surface area contributed by atoms with Crippen LogP contribution in [0.1, 0.15) is 110 Å². The highest BCUT2D eigenvalue weighted by Gasteiger charge is 2.00. The fourth-order valence-corrected chi connectivity index (χ4v) is 4.17. The lowest BCUT2D eigenvalue weighted by Crippen LogP contribution is -1.92. The predicted octanol–water partition coefficient (Wildman–Crippen LogP) is 8.98. The van der Waals surface area contributed by atoms with Gasteiger partial charge in [-0.2, -0.15) is 12.6 Å². The average molecular weight is 385 g/mol. The van der Waals surface area contributed by atoms with Crippen LogP contribution in [0.4, 0.5) is 0 Å². The van der Waals surface area contributed by atoms with E-state index in [4.69, 9.17) is 12.6 Å². The molecule has 148 valence electrons. The van der Waals surface area contributed by atoms with Crippen LogP contribution in [-0.4, -0.2) is 10.3 Å². The normalized spacial score (nSPS) is 13.2. The molecule has 0 nitrogen and oxygen atoms in total. The van der Waals surface area contributed by atoms with Gasteiger partial charge in [0.05, 0.1) is 4.58 Å². The molecule has 0 aromatic carbocycles. The van der Waals surface area contributed by atoms with Crippen LogP contribution in [0.25, 0.3) is 0 Å². The number of thioether (sulfide) groups is 1. The van der Waals surface area contributed by atoms with Gasteiger partial charge in [0.2, 0.25) is 0 Å². The SMILES string of the molecule is CCC=CCCCCCCCSC(S)C/C=C\CCCCCCCC. The summed E-state index contributed by atoms with van der Waals surface area (Å²) < 4.78 is 0.486. The average Bonchev–Trinajstić information content (AvgIpc) is 2.62. The van der Waals surface area contributed by atoms with Crippen LogP contribution in [0.3, 0.4) is 0 Å². The summed E-state index contributed by atoms with van der Waals surface area (Å²) >= 11 is 6.74. The summed E-state index contributed by atoms with van der Waals surface area (Å²) in [5, 5.41) is 0. The van der Waals surface area contributed by atoms with Gasteiger partial charge in [0.1, 0.15) is 0 Å². The lowest BCUT2D eigenvalue weighted by molar-refractivity contribution is 0.611. The van der Waals surface area contributed by atoms with Crippen molar-refractivity contribution in [1.82, 2.24) is 0 Å². The molecule has 0 radical (unpaired) electrons. The molecule has 0 aliphatic heterocycles. The van der Waals surface area contributed by atoms with Gasteiger partial charge in [-0.1, -0.05) is 89.5 Å². The molecule has 0 aromatic rings. The molecular formula is C23H44S2. The topological polar surface area (TPSA) is 0 Å². The van der Waals surface area contributed by atoms with Crippen molar-refractivity contribution >= 4 is 24.4 Å².